The monoisotopic (exact) mass is 666 g/mol. The highest BCUT2D eigenvalue weighted by atomic mass is 32.2. The minimum absolute atomic E-state index is 0.0674. The van der Waals surface area contributed by atoms with Gasteiger partial charge in [0.2, 0.25) is 15.9 Å². The van der Waals surface area contributed by atoms with Crippen LogP contribution in [0.1, 0.15) is 54.4 Å². The molecule has 1 aromatic heterocycles. The number of benzene rings is 2. The van der Waals surface area contributed by atoms with Crippen molar-refractivity contribution in [3.63, 3.8) is 0 Å². The number of urea groups is 1. The van der Waals surface area contributed by atoms with E-state index in [1.54, 1.807) is 24.4 Å². The van der Waals surface area contributed by atoms with Crippen LogP contribution in [0.4, 0.5) is 14.9 Å². The molecule has 14 heteroatoms. The number of nitrogens with zero attached hydrogens (tertiary/aromatic N) is 4. The number of pyridine rings is 1. The lowest BCUT2D eigenvalue weighted by Crippen LogP contribution is -2.49. The first-order valence-corrected chi connectivity index (χ1v) is 17.3. The molecule has 0 bridgehead atoms. The number of carbonyl (C=O) groups excluding carboxylic acids is 2. The summed E-state index contributed by atoms with van der Waals surface area (Å²) in [6, 6.07) is 13.8. The molecule has 4 N–H and O–H groups in total. The maximum Gasteiger partial charge on any atom is 0.322 e. The molecule has 12 nitrogen and oxygen atoms in total. The average Bonchev–Trinajstić information content (AvgIpc) is 3.89. The van der Waals surface area contributed by atoms with Gasteiger partial charge in [-0.2, -0.15) is 4.31 Å². The van der Waals surface area contributed by atoms with Crippen molar-refractivity contribution < 1.29 is 32.2 Å². The van der Waals surface area contributed by atoms with E-state index in [2.05, 4.69) is 15.2 Å². The molecule has 3 fully saturated rings. The van der Waals surface area contributed by atoms with Crippen LogP contribution in [-0.2, 0) is 16.6 Å². The van der Waals surface area contributed by atoms with Gasteiger partial charge >= 0.3 is 6.03 Å². The van der Waals surface area contributed by atoms with Crippen LogP contribution >= 0.6 is 0 Å². The molecule has 0 unspecified atom stereocenters. The molecule has 1 aliphatic carbocycles. The number of piperidine rings is 2. The van der Waals surface area contributed by atoms with Gasteiger partial charge in [0.25, 0.3) is 5.91 Å². The SMILES string of the molecule is NC(=O)c1cc(NC(=O)N(C2CC2)C2CCN(Cc3ccc(Oc4ccc(S(=O)(=O)N5CCC(O)CC5)cc4)nc3)CC2)ccc1F. The van der Waals surface area contributed by atoms with Crippen molar-refractivity contribution >= 4 is 27.6 Å². The fourth-order valence-electron chi connectivity index (χ4n) is 6.17. The highest BCUT2D eigenvalue weighted by Gasteiger charge is 2.39. The van der Waals surface area contributed by atoms with Crippen LogP contribution in [0.3, 0.4) is 0 Å². The largest absolute Gasteiger partial charge is 0.439 e. The summed E-state index contributed by atoms with van der Waals surface area (Å²) < 4.78 is 47.0. The van der Waals surface area contributed by atoms with Crippen LogP contribution in [-0.4, -0.2) is 88.9 Å². The molecule has 1 saturated carbocycles. The molecule has 3 heterocycles. The minimum Gasteiger partial charge on any atom is -0.439 e. The molecule has 2 aliphatic heterocycles. The molecule has 3 aliphatic rings. The van der Waals surface area contributed by atoms with Crippen LogP contribution < -0.4 is 15.8 Å². The second kappa shape index (κ2) is 13.9. The molecular formula is C33H39FN6O6S. The van der Waals surface area contributed by atoms with Gasteiger partial charge in [-0.15, -0.1) is 0 Å². The molecule has 3 aromatic rings. The van der Waals surface area contributed by atoms with E-state index >= 15 is 0 Å². The molecule has 0 radical (unpaired) electrons. The molecule has 6 rings (SSSR count). The van der Waals surface area contributed by atoms with E-state index in [9.17, 15) is 27.5 Å². The van der Waals surface area contributed by atoms with Gasteiger partial charge in [0.05, 0.1) is 16.6 Å². The predicted molar refractivity (Wildman–Crippen MR) is 172 cm³/mol. The zero-order chi connectivity index (χ0) is 33.1. The number of halogens is 1. The highest BCUT2D eigenvalue weighted by Crippen LogP contribution is 2.33. The molecule has 47 heavy (non-hydrogen) atoms. The second-order valence-electron chi connectivity index (χ2n) is 12.3. The van der Waals surface area contributed by atoms with Gasteiger partial charge in [0.15, 0.2) is 0 Å². The van der Waals surface area contributed by atoms with Crippen molar-refractivity contribution in [2.75, 3.05) is 31.5 Å². The summed E-state index contributed by atoms with van der Waals surface area (Å²) in [5, 5.41) is 12.5. The maximum atomic E-state index is 13.9. The number of anilines is 1. The van der Waals surface area contributed by atoms with Crippen molar-refractivity contribution in [3.05, 3.63) is 77.7 Å². The van der Waals surface area contributed by atoms with E-state index < -0.39 is 27.9 Å². The maximum absolute atomic E-state index is 13.9. The van der Waals surface area contributed by atoms with Gasteiger partial charge in [0, 0.05) is 62.8 Å². The van der Waals surface area contributed by atoms with Gasteiger partial charge in [-0.3, -0.25) is 9.69 Å². The number of aliphatic hydroxyl groups excluding tert-OH is 1. The zero-order valence-electron chi connectivity index (χ0n) is 25.9. The first-order valence-electron chi connectivity index (χ1n) is 15.9. The number of aliphatic hydroxyl groups is 1. The summed E-state index contributed by atoms with van der Waals surface area (Å²) >= 11 is 0. The summed E-state index contributed by atoms with van der Waals surface area (Å²) in [7, 11) is -3.63. The summed E-state index contributed by atoms with van der Waals surface area (Å²) in [4.78, 5) is 33.6. The van der Waals surface area contributed by atoms with Gasteiger partial charge in [-0.25, -0.2) is 22.6 Å². The number of sulfonamides is 1. The number of ether oxygens (including phenoxy) is 1. The molecule has 2 saturated heterocycles. The Morgan fingerprint density at radius 3 is 2.26 bits per heavy atom. The van der Waals surface area contributed by atoms with Crippen LogP contribution in [0.2, 0.25) is 0 Å². The topological polar surface area (TPSA) is 158 Å². The number of nitrogens with two attached hydrogens (primary N) is 1. The summed E-state index contributed by atoms with van der Waals surface area (Å²) in [6.45, 7) is 2.89. The van der Waals surface area contributed by atoms with E-state index in [0.29, 0.717) is 49.8 Å². The number of aromatic nitrogens is 1. The number of nitrogens with one attached hydrogen (secondary N) is 1. The fourth-order valence-corrected chi connectivity index (χ4v) is 7.64. The molecule has 0 spiro atoms. The Labute approximate surface area is 273 Å². The molecule has 0 atom stereocenters. The van der Waals surface area contributed by atoms with Crippen LogP contribution in [0, 0.1) is 5.82 Å². The number of hydrogen-bond donors (Lipinski definition) is 3. The first-order chi connectivity index (χ1) is 22.6. The minimum atomic E-state index is -3.63. The number of primary amides is 1. The third-order valence-electron chi connectivity index (χ3n) is 8.92. The zero-order valence-corrected chi connectivity index (χ0v) is 26.7. The number of carbonyl (C=O) groups is 2. The number of likely N-dealkylation sites (tertiary alicyclic amines) is 1. The Kier molecular flexibility index (Phi) is 9.73. The lowest BCUT2D eigenvalue weighted by molar-refractivity contribution is 0.0996. The summed E-state index contributed by atoms with van der Waals surface area (Å²) in [6.07, 6.45) is 5.66. The standard InChI is InChI=1S/C33H39FN6O6S/c34-30-9-2-23(19-29(30)32(35)42)37-33(43)40(24-3-4-24)25-11-15-38(16-12-25)21-22-1-10-31(36-20-22)46-27-5-7-28(8-6-27)47(44,45)39-17-13-26(41)14-18-39/h1-2,5-10,19-20,24-26,41H,3-4,11-18,21H2,(H2,35,42)(H,37,43). The first kappa shape index (κ1) is 32.8. The van der Waals surface area contributed by atoms with Crippen molar-refractivity contribution in [2.45, 2.75) is 68.2 Å². The average molecular weight is 667 g/mol. The third-order valence-corrected chi connectivity index (χ3v) is 10.8. The smallest absolute Gasteiger partial charge is 0.322 e. The molecule has 250 valence electrons. The Morgan fingerprint density at radius 1 is 0.957 bits per heavy atom. The van der Waals surface area contributed by atoms with E-state index in [1.165, 1.54) is 28.6 Å². The number of hydrogen-bond acceptors (Lipinski definition) is 8. The van der Waals surface area contributed by atoms with Crippen LogP contribution in [0.5, 0.6) is 11.6 Å². The molecule has 3 amide bonds. The Balaban J connectivity index is 0.991. The second-order valence-corrected chi connectivity index (χ2v) is 14.3. The van der Waals surface area contributed by atoms with E-state index in [-0.39, 0.29) is 28.6 Å². The van der Waals surface area contributed by atoms with Crippen molar-refractivity contribution in [3.8, 4) is 11.6 Å². The van der Waals surface area contributed by atoms with E-state index in [1.807, 2.05) is 11.0 Å². The van der Waals surface area contributed by atoms with Crippen molar-refractivity contribution in [2.24, 2.45) is 5.73 Å². The lowest BCUT2D eigenvalue weighted by Gasteiger charge is -2.38. The number of amides is 3. The van der Waals surface area contributed by atoms with Crippen LogP contribution in [0.25, 0.3) is 0 Å². The predicted octanol–water partition coefficient (Wildman–Crippen LogP) is 3.92. The van der Waals surface area contributed by atoms with Crippen molar-refractivity contribution in [1.29, 1.82) is 0 Å². The molecular weight excluding hydrogens is 627 g/mol. The quantitative estimate of drug-likeness (QED) is 0.294. The number of rotatable bonds is 10. The highest BCUT2D eigenvalue weighted by molar-refractivity contribution is 7.89. The Morgan fingerprint density at radius 2 is 1.64 bits per heavy atom. The van der Waals surface area contributed by atoms with Gasteiger partial charge in [-0.05, 0) is 86.6 Å². The Bertz CT molecular complexity index is 1690. The van der Waals surface area contributed by atoms with Crippen LogP contribution in [0.15, 0.2) is 65.7 Å². The summed E-state index contributed by atoms with van der Waals surface area (Å²) in [5.74, 6) is -0.754. The van der Waals surface area contributed by atoms with Gasteiger partial charge in [-0.1, -0.05) is 6.07 Å². The Hall–Kier alpha value is -4.11. The van der Waals surface area contributed by atoms with Gasteiger partial charge < -0.3 is 25.8 Å². The van der Waals surface area contributed by atoms with Crippen molar-refractivity contribution in [1.82, 2.24) is 19.1 Å². The third kappa shape index (κ3) is 7.89. The van der Waals surface area contributed by atoms with E-state index in [0.717, 1.165) is 50.4 Å². The van der Waals surface area contributed by atoms with E-state index in [4.69, 9.17) is 10.5 Å². The summed E-state index contributed by atoms with van der Waals surface area (Å²) in [5.41, 5.74) is 6.34. The molecule has 2 aromatic carbocycles. The normalized spacial score (nSPS) is 18.5. The lowest BCUT2D eigenvalue weighted by atomic mass is 10.0. The van der Waals surface area contributed by atoms with Gasteiger partial charge in [0.1, 0.15) is 11.6 Å². The fraction of sp³-hybridized carbons (Fsp3) is 0.424.